The quantitative estimate of drug-likeness (QED) is 0.311. The Kier molecular flexibility index (Phi) is 5.88. The SMILES string of the molecule is CC[C@@H]1C[C@@H](Oc2ccc(C#N)cc2)C[C@@H]1c1nnc2cnc3c(ccn3S(=O)(=O)c3ccc(C)cc3)n12. The molecule has 1 aliphatic carbocycles. The summed E-state index contributed by atoms with van der Waals surface area (Å²) in [6.07, 6.45) is 5.68. The van der Waals surface area contributed by atoms with Gasteiger partial charge in [0.25, 0.3) is 10.0 Å². The first-order valence-corrected chi connectivity index (χ1v) is 14.0. The van der Waals surface area contributed by atoms with Crippen LogP contribution in [0, 0.1) is 24.2 Å². The number of ether oxygens (including phenoxy) is 1. The molecule has 1 fully saturated rings. The Morgan fingerprint density at radius 3 is 2.53 bits per heavy atom. The number of fused-ring (bicyclic) bond motifs is 3. The van der Waals surface area contributed by atoms with Crippen molar-refractivity contribution >= 4 is 26.8 Å². The topological polar surface area (TPSA) is 115 Å². The number of aromatic nitrogens is 5. The van der Waals surface area contributed by atoms with E-state index in [4.69, 9.17) is 10.00 Å². The molecular weight excluding hydrogens is 500 g/mol. The highest BCUT2D eigenvalue weighted by Gasteiger charge is 2.38. The molecule has 2 aromatic carbocycles. The summed E-state index contributed by atoms with van der Waals surface area (Å²) in [5, 5.41) is 18.0. The van der Waals surface area contributed by atoms with Gasteiger partial charge in [0.15, 0.2) is 11.3 Å². The fourth-order valence-corrected chi connectivity index (χ4v) is 6.74. The molecular formula is C28H26N6O3S. The Bertz CT molecular complexity index is 1780. The highest BCUT2D eigenvalue weighted by atomic mass is 32.2. The molecule has 0 spiro atoms. The summed E-state index contributed by atoms with van der Waals surface area (Å²) in [7, 11) is -3.83. The van der Waals surface area contributed by atoms with E-state index in [1.165, 1.54) is 3.97 Å². The van der Waals surface area contributed by atoms with Crippen molar-refractivity contribution in [2.75, 3.05) is 0 Å². The smallest absolute Gasteiger partial charge is 0.269 e. The number of nitriles is 1. The predicted octanol–water partition coefficient (Wildman–Crippen LogP) is 4.85. The molecule has 3 heterocycles. The lowest BCUT2D eigenvalue weighted by molar-refractivity contribution is 0.203. The average molecular weight is 527 g/mol. The maximum absolute atomic E-state index is 13.4. The average Bonchev–Trinajstić information content (AvgIpc) is 3.65. The summed E-state index contributed by atoms with van der Waals surface area (Å²) in [6, 6.07) is 17.8. The van der Waals surface area contributed by atoms with Crippen LogP contribution in [0.15, 0.2) is 71.9 Å². The van der Waals surface area contributed by atoms with Crippen LogP contribution < -0.4 is 4.74 Å². The van der Waals surface area contributed by atoms with Gasteiger partial charge in [-0.1, -0.05) is 31.0 Å². The fraction of sp³-hybridized carbons (Fsp3) is 0.286. The first kappa shape index (κ1) is 24.1. The van der Waals surface area contributed by atoms with E-state index in [0.717, 1.165) is 36.4 Å². The summed E-state index contributed by atoms with van der Waals surface area (Å²) in [5.74, 6) is 1.93. The van der Waals surface area contributed by atoms with Gasteiger partial charge in [0, 0.05) is 12.1 Å². The van der Waals surface area contributed by atoms with E-state index in [1.807, 2.05) is 23.5 Å². The molecule has 0 unspecified atom stereocenters. The van der Waals surface area contributed by atoms with E-state index in [-0.39, 0.29) is 16.9 Å². The molecule has 192 valence electrons. The summed E-state index contributed by atoms with van der Waals surface area (Å²) in [6.45, 7) is 4.08. The van der Waals surface area contributed by atoms with Crippen LogP contribution in [-0.4, -0.2) is 38.1 Å². The first-order chi connectivity index (χ1) is 18.4. The normalized spacial score (nSPS) is 19.7. The molecule has 0 aliphatic heterocycles. The molecule has 9 nitrogen and oxygen atoms in total. The zero-order valence-corrected chi connectivity index (χ0v) is 21.8. The predicted molar refractivity (Wildman–Crippen MR) is 141 cm³/mol. The van der Waals surface area contributed by atoms with Crippen molar-refractivity contribution in [1.82, 2.24) is 23.6 Å². The number of benzene rings is 2. The minimum Gasteiger partial charge on any atom is -0.490 e. The second-order valence-electron chi connectivity index (χ2n) is 9.77. The molecule has 6 rings (SSSR count). The van der Waals surface area contributed by atoms with Crippen LogP contribution in [0.25, 0.3) is 16.8 Å². The maximum atomic E-state index is 13.4. The Morgan fingerprint density at radius 1 is 1.05 bits per heavy atom. The molecule has 0 saturated heterocycles. The van der Waals surface area contributed by atoms with Gasteiger partial charge >= 0.3 is 0 Å². The number of aryl methyl sites for hydroxylation is 1. The summed E-state index contributed by atoms with van der Waals surface area (Å²) < 4.78 is 36.3. The Hall–Kier alpha value is -4.23. The third-order valence-electron chi connectivity index (χ3n) is 7.43. The molecule has 3 atom stereocenters. The van der Waals surface area contributed by atoms with E-state index in [9.17, 15) is 8.42 Å². The molecule has 0 bridgehead atoms. The molecule has 5 aromatic rings. The van der Waals surface area contributed by atoms with Crippen LogP contribution in [0.1, 0.15) is 49.1 Å². The van der Waals surface area contributed by atoms with Gasteiger partial charge < -0.3 is 4.74 Å². The van der Waals surface area contributed by atoms with Gasteiger partial charge in [0.05, 0.1) is 34.3 Å². The molecule has 0 amide bonds. The van der Waals surface area contributed by atoms with Crippen LogP contribution in [0.3, 0.4) is 0 Å². The first-order valence-electron chi connectivity index (χ1n) is 12.6. The highest BCUT2D eigenvalue weighted by Crippen LogP contribution is 2.43. The zero-order chi connectivity index (χ0) is 26.4. The van der Waals surface area contributed by atoms with Crippen molar-refractivity contribution in [1.29, 1.82) is 5.26 Å². The number of nitrogens with zero attached hydrogens (tertiary/aromatic N) is 6. The van der Waals surface area contributed by atoms with Crippen LogP contribution in [0.4, 0.5) is 0 Å². The second kappa shape index (κ2) is 9.26. The monoisotopic (exact) mass is 526 g/mol. The van der Waals surface area contributed by atoms with Gasteiger partial charge in [-0.25, -0.2) is 17.4 Å². The lowest BCUT2D eigenvalue weighted by atomic mass is 9.93. The van der Waals surface area contributed by atoms with Crippen LogP contribution >= 0.6 is 0 Å². The van der Waals surface area contributed by atoms with Gasteiger partial charge in [-0.15, -0.1) is 10.2 Å². The van der Waals surface area contributed by atoms with E-state index in [0.29, 0.717) is 28.3 Å². The summed E-state index contributed by atoms with van der Waals surface area (Å²) in [4.78, 5) is 4.66. The number of hydrogen-bond acceptors (Lipinski definition) is 7. The van der Waals surface area contributed by atoms with Crippen LogP contribution in [-0.2, 0) is 10.0 Å². The molecule has 1 saturated carbocycles. The molecule has 1 aliphatic rings. The van der Waals surface area contributed by atoms with Gasteiger partial charge in [0.2, 0.25) is 0 Å². The van der Waals surface area contributed by atoms with E-state index < -0.39 is 10.0 Å². The van der Waals surface area contributed by atoms with Crippen molar-refractivity contribution in [3.05, 3.63) is 83.9 Å². The standard InChI is InChI=1S/C28H26N6O3S/c1-3-20-14-22(37-21-8-6-19(16-29)7-9-21)15-24(20)27-32-31-26-17-30-28-25(34(26)27)12-13-33(28)38(35,36)23-10-4-18(2)5-11-23/h4-13,17,20,22,24H,3,14-15H2,1-2H3/t20-,22-,24+/m1/s1. The lowest BCUT2D eigenvalue weighted by Crippen LogP contribution is -2.13. The molecule has 38 heavy (non-hydrogen) atoms. The van der Waals surface area contributed by atoms with Gasteiger partial charge in [-0.3, -0.25) is 4.40 Å². The van der Waals surface area contributed by atoms with E-state index >= 15 is 0 Å². The third-order valence-corrected chi connectivity index (χ3v) is 9.11. The fourth-order valence-electron chi connectivity index (χ4n) is 5.45. The highest BCUT2D eigenvalue weighted by molar-refractivity contribution is 7.90. The minimum atomic E-state index is -3.83. The van der Waals surface area contributed by atoms with Gasteiger partial charge in [0.1, 0.15) is 11.6 Å². The van der Waals surface area contributed by atoms with Crippen molar-refractivity contribution < 1.29 is 13.2 Å². The van der Waals surface area contributed by atoms with Crippen molar-refractivity contribution in [3.8, 4) is 11.8 Å². The van der Waals surface area contributed by atoms with Crippen molar-refractivity contribution in [3.63, 3.8) is 0 Å². The van der Waals surface area contributed by atoms with Gasteiger partial charge in [-0.05, 0) is 68.1 Å². The molecule has 3 aromatic heterocycles. The van der Waals surface area contributed by atoms with E-state index in [1.54, 1.807) is 54.9 Å². The molecule has 0 N–H and O–H groups in total. The molecule has 0 radical (unpaired) electrons. The molecule has 10 heteroatoms. The largest absolute Gasteiger partial charge is 0.490 e. The van der Waals surface area contributed by atoms with Crippen molar-refractivity contribution in [2.45, 2.75) is 50.0 Å². The van der Waals surface area contributed by atoms with Crippen LogP contribution in [0.2, 0.25) is 0 Å². The summed E-state index contributed by atoms with van der Waals surface area (Å²) >= 11 is 0. The Labute approximate surface area is 220 Å². The van der Waals surface area contributed by atoms with Crippen LogP contribution in [0.5, 0.6) is 5.75 Å². The van der Waals surface area contributed by atoms with Gasteiger partial charge in [-0.2, -0.15) is 5.26 Å². The second-order valence-corrected chi connectivity index (χ2v) is 11.6. The zero-order valence-electron chi connectivity index (χ0n) is 21.0. The number of rotatable bonds is 6. The summed E-state index contributed by atoms with van der Waals surface area (Å²) in [5.41, 5.74) is 3.13. The number of hydrogen-bond donors (Lipinski definition) is 0. The lowest BCUT2D eigenvalue weighted by Gasteiger charge is -2.16. The third kappa shape index (κ3) is 4.00. The Balaban J connectivity index is 1.37. The minimum absolute atomic E-state index is 0.00548. The van der Waals surface area contributed by atoms with Crippen molar-refractivity contribution in [2.24, 2.45) is 5.92 Å². The van der Waals surface area contributed by atoms with E-state index in [2.05, 4.69) is 28.2 Å². The Morgan fingerprint density at radius 2 is 1.82 bits per heavy atom. The maximum Gasteiger partial charge on any atom is 0.269 e.